The third-order valence-electron chi connectivity index (χ3n) is 3.09. The smallest absolute Gasteiger partial charge is 0.126 e. The Hall–Kier alpha value is -2.68. The maximum atomic E-state index is 10.2. The molecule has 0 atom stereocenters. The number of aromatic nitrogens is 2. The van der Waals surface area contributed by atoms with Crippen LogP contribution < -0.4 is 0 Å². The summed E-state index contributed by atoms with van der Waals surface area (Å²) in [5.74, 6) is 0.893. The van der Waals surface area contributed by atoms with Gasteiger partial charge in [-0.05, 0) is 13.0 Å². The van der Waals surface area contributed by atoms with Gasteiger partial charge in [0.05, 0.1) is 11.2 Å². The molecule has 0 aliphatic rings. The van der Waals surface area contributed by atoms with Crippen LogP contribution in [-0.4, -0.2) is 15.1 Å². The van der Waals surface area contributed by atoms with E-state index in [9.17, 15) is 5.11 Å². The van der Waals surface area contributed by atoms with Gasteiger partial charge in [0.25, 0.3) is 0 Å². The van der Waals surface area contributed by atoms with Crippen molar-refractivity contribution in [2.24, 2.45) is 0 Å². The Balaban J connectivity index is 2.15. The standard InChI is InChI=1S/C17H14N2O/c1-12-18-15-10-6-5-9-14(15)16(19-12)11-17(20)13-7-3-2-4-8-13/h2-11,20H,1H3/b17-11-. The number of rotatable bonds is 2. The van der Waals surface area contributed by atoms with Gasteiger partial charge in [-0.1, -0.05) is 48.5 Å². The van der Waals surface area contributed by atoms with Crippen molar-refractivity contribution in [2.45, 2.75) is 6.92 Å². The molecule has 0 spiro atoms. The summed E-state index contributed by atoms with van der Waals surface area (Å²) in [6.07, 6.45) is 1.69. The Morgan fingerprint density at radius 3 is 2.45 bits per heavy atom. The molecule has 0 aliphatic carbocycles. The van der Waals surface area contributed by atoms with Crippen LogP contribution in [-0.2, 0) is 0 Å². The summed E-state index contributed by atoms with van der Waals surface area (Å²) in [5, 5.41) is 11.2. The molecule has 0 fully saturated rings. The summed E-state index contributed by atoms with van der Waals surface area (Å²) in [7, 11) is 0. The molecular formula is C17H14N2O. The minimum atomic E-state index is 0.203. The molecule has 3 rings (SSSR count). The Bertz CT molecular complexity index is 779. The van der Waals surface area contributed by atoms with E-state index in [0.29, 0.717) is 5.82 Å². The molecule has 2 aromatic carbocycles. The highest BCUT2D eigenvalue weighted by atomic mass is 16.3. The van der Waals surface area contributed by atoms with Gasteiger partial charge in [0.2, 0.25) is 0 Å². The van der Waals surface area contributed by atoms with E-state index in [0.717, 1.165) is 22.2 Å². The average Bonchev–Trinajstić information content (AvgIpc) is 2.48. The number of aliphatic hydroxyl groups excluding tert-OH is 1. The number of fused-ring (bicyclic) bond motifs is 1. The van der Waals surface area contributed by atoms with Gasteiger partial charge in [-0.3, -0.25) is 0 Å². The van der Waals surface area contributed by atoms with E-state index >= 15 is 0 Å². The van der Waals surface area contributed by atoms with E-state index in [-0.39, 0.29) is 5.76 Å². The predicted molar refractivity (Wildman–Crippen MR) is 81.2 cm³/mol. The van der Waals surface area contributed by atoms with Crippen LogP contribution in [0.25, 0.3) is 22.7 Å². The first-order chi connectivity index (χ1) is 9.74. The van der Waals surface area contributed by atoms with E-state index in [4.69, 9.17) is 0 Å². The van der Waals surface area contributed by atoms with Gasteiger partial charge in [0, 0.05) is 17.0 Å². The molecule has 3 heteroatoms. The zero-order valence-electron chi connectivity index (χ0n) is 11.1. The van der Waals surface area contributed by atoms with Crippen LogP contribution in [0.5, 0.6) is 0 Å². The average molecular weight is 262 g/mol. The van der Waals surface area contributed by atoms with Crippen molar-refractivity contribution in [3.63, 3.8) is 0 Å². The lowest BCUT2D eigenvalue weighted by Gasteiger charge is -2.04. The molecule has 1 aromatic heterocycles. The molecule has 98 valence electrons. The number of aryl methyl sites for hydroxylation is 1. The topological polar surface area (TPSA) is 46.0 Å². The van der Waals surface area contributed by atoms with Crippen molar-refractivity contribution >= 4 is 22.7 Å². The molecule has 0 amide bonds. The van der Waals surface area contributed by atoms with E-state index in [1.165, 1.54) is 0 Å². The highest BCUT2D eigenvalue weighted by molar-refractivity contribution is 5.90. The van der Waals surface area contributed by atoms with Crippen molar-refractivity contribution in [2.75, 3.05) is 0 Å². The Labute approximate surface area is 117 Å². The first kappa shape index (κ1) is 12.4. The van der Waals surface area contributed by atoms with E-state index < -0.39 is 0 Å². The largest absolute Gasteiger partial charge is 0.507 e. The molecule has 1 heterocycles. The van der Waals surface area contributed by atoms with Crippen molar-refractivity contribution in [1.82, 2.24) is 9.97 Å². The van der Waals surface area contributed by atoms with Gasteiger partial charge < -0.3 is 5.11 Å². The second-order valence-electron chi connectivity index (χ2n) is 4.57. The van der Waals surface area contributed by atoms with Crippen molar-refractivity contribution in [1.29, 1.82) is 0 Å². The Kier molecular flexibility index (Phi) is 3.17. The summed E-state index contributed by atoms with van der Waals surface area (Å²) < 4.78 is 0. The normalized spacial score (nSPS) is 11.8. The SMILES string of the molecule is Cc1nc(/C=C(\O)c2ccccc2)c2ccccc2n1. The quantitative estimate of drug-likeness (QED) is 0.710. The summed E-state index contributed by atoms with van der Waals surface area (Å²) in [4.78, 5) is 8.81. The van der Waals surface area contributed by atoms with Gasteiger partial charge in [0.1, 0.15) is 11.6 Å². The lowest BCUT2D eigenvalue weighted by Crippen LogP contribution is -1.94. The molecule has 0 radical (unpaired) electrons. The molecule has 0 unspecified atom stereocenters. The van der Waals surface area contributed by atoms with Crippen LogP contribution in [0.15, 0.2) is 54.6 Å². The van der Waals surface area contributed by atoms with Crippen LogP contribution in [0, 0.1) is 6.92 Å². The van der Waals surface area contributed by atoms with Gasteiger partial charge in [-0.25, -0.2) is 9.97 Å². The lowest BCUT2D eigenvalue weighted by atomic mass is 10.1. The highest BCUT2D eigenvalue weighted by Gasteiger charge is 2.05. The third-order valence-corrected chi connectivity index (χ3v) is 3.09. The fourth-order valence-electron chi connectivity index (χ4n) is 2.15. The monoisotopic (exact) mass is 262 g/mol. The Morgan fingerprint density at radius 1 is 0.950 bits per heavy atom. The summed E-state index contributed by atoms with van der Waals surface area (Å²) in [6.45, 7) is 1.85. The summed E-state index contributed by atoms with van der Waals surface area (Å²) in [5.41, 5.74) is 2.38. The van der Waals surface area contributed by atoms with Gasteiger partial charge in [-0.2, -0.15) is 0 Å². The third kappa shape index (κ3) is 2.38. The molecule has 0 saturated carbocycles. The van der Waals surface area contributed by atoms with E-state index in [1.807, 2.05) is 61.5 Å². The summed E-state index contributed by atoms with van der Waals surface area (Å²) >= 11 is 0. The molecule has 3 aromatic rings. The molecule has 0 bridgehead atoms. The zero-order valence-corrected chi connectivity index (χ0v) is 11.1. The minimum Gasteiger partial charge on any atom is -0.507 e. The van der Waals surface area contributed by atoms with E-state index in [1.54, 1.807) is 6.08 Å². The number of para-hydroxylation sites is 1. The van der Waals surface area contributed by atoms with Crippen LogP contribution >= 0.6 is 0 Å². The second-order valence-corrected chi connectivity index (χ2v) is 4.57. The van der Waals surface area contributed by atoms with Crippen LogP contribution in [0.4, 0.5) is 0 Å². The predicted octanol–water partition coefficient (Wildman–Crippen LogP) is 3.99. The van der Waals surface area contributed by atoms with Gasteiger partial charge in [0.15, 0.2) is 0 Å². The first-order valence-electron chi connectivity index (χ1n) is 6.43. The molecule has 1 N–H and O–H groups in total. The maximum absolute atomic E-state index is 10.2. The molecule has 20 heavy (non-hydrogen) atoms. The van der Waals surface area contributed by atoms with E-state index in [2.05, 4.69) is 9.97 Å². The molecular weight excluding hydrogens is 248 g/mol. The first-order valence-corrected chi connectivity index (χ1v) is 6.43. The molecule has 3 nitrogen and oxygen atoms in total. The van der Waals surface area contributed by atoms with Crippen molar-refractivity contribution < 1.29 is 5.11 Å². The zero-order chi connectivity index (χ0) is 13.9. The van der Waals surface area contributed by atoms with Crippen LogP contribution in [0.3, 0.4) is 0 Å². The lowest BCUT2D eigenvalue weighted by molar-refractivity contribution is 0.515. The number of nitrogens with zero attached hydrogens (tertiary/aromatic N) is 2. The van der Waals surface area contributed by atoms with Gasteiger partial charge >= 0.3 is 0 Å². The number of hydrogen-bond acceptors (Lipinski definition) is 3. The van der Waals surface area contributed by atoms with Crippen LogP contribution in [0.1, 0.15) is 17.1 Å². The highest BCUT2D eigenvalue weighted by Crippen LogP contribution is 2.20. The van der Waals surface area contributed by atoms with Crippen molar-refractivity contribution in [3.05, 3.63) is 71.7 Å². The molecule has 0 saturated heterocycles. The second kappa shape index (κ2) is 5.13. The fraction of sp³-hybridized carbons (Fsp3) is 0.0588. The van der Waals surface area contributed by atoms with Crippen molar-refractivity contribution in [3.8, 4) is 0 Å². The molecule has 0 aliphatic heterocycles. The number of aliphatic hydroxyl groups is 1. The Morgan fingerprint density at radius 2 is 1.65 bits per heavy atom. The number of benzene rings is 2. The minimum absolute atomic E-state index is 0.203. The maximum Gasteiger partial charge on any atom is 0.126 e. The van der Waals surface area contributed by atoms with Crippen LogP contribution in [0.2, 0.25) is 0 Å². The summed E-state index contributed by atoms with van der Waals surface area (Å²) in [6, 6.07) is 17.2. The number of hydrogen-bond donors (Lipinski definition) is 1. The fourth-order valence-corrected chi connectivity index (χ4v) is 2.15. The van der Waals surface area contributed by atoms with Gasteiger partial charge in [-0.15, -0.1) is 0 Å².